The van der Waals surface area contributed by atoms with Gasteiger partial charge >= 0.3 is 6.09 Å². The van der Waals surface area contributed by atoms with Crippen molar-refractivity contribution in [3.05, 3.63) is 22.8 Å². The molecule has 6 heteroatoms. The maximum absolute atomic E-state index is 11.9. The van der Waals surface area contributed by atoms with E-state index < -0.39 is 0 Å². The maximum Gasteiger partial charge on any atom is 0.409 e. The van der Waals surface area contributed by atoms with Gasteiger partial charge in [-0.05, 0) is 46.7 Å². The molecule has 1 saturated heterocycles. The first-order chi connectivity index (χ1) is 10.5. The molecule has 0 N–H and O–H groups in total. The Morgan fingerprint density at radius 1 is 1.41 bits per heavy atom. The summed E-state index contributed by atoms with van der Waals surface area (Å²) in [7, 11) is 0. The Morgan fingerprint density at radius 2 is 2.14 bits per heavy atom. The van der Waals surface area contributed by atoms with Gasteiger partial charge in [-0.25, -0.2) is 9.78 Å². The van der Waals surface area contributed by atoms with Crippen molar-refractivity contribution in [3.63, 3.8) is 0 Å². The van der Waals surface area contributed by atoms with E-state index in [0.717, 1.165) is 30.4 Å². The Bertz CT molecular complexity index is 471. The van der Waals surface area contributed by atoms with Crippen LogP contribution in [0.3, 0.4) is 0 Å². The molecule has 0 aliphatic carbocycles. The number of pyridine rings is 1. The number of halogens is 1. The molecule has 5 nitrogen and oxygen atoms in total. The van der Waals surface area contributed by atoms with Crippen molar-refractivity contribution in [1.29, 1.82) is 0 Å². The molecule has 0 unspecified atom stereocenters. The lowest BCUT2D eigenvalue weighted by Crippen LogP contribution is -2.40. The molecule has 1 aromatic heterocycles. The second-order valence-corrected chi connectivity index (χ2v) is 6.94. The van der Waals surface area contributed by atoms with Crippen LogP contribution >= 0.6 is 15.9 Å². The minimum Gasteiger partial charge on any atom is -0.477 e. The first kappa shape index (κ1) is 17.1. The quantitative estimate of drug-likeness (QED) is 0.792. The summed E-state index contributed by atoms with van der Waals surface area (Å²) in [5, 5.41) is 0. The predicted molar refractivity (Wildman–Crippen MR) is 87.9 cm³/mol. The Hall–Kier alpha value is -1.30. The van der Waals surface area contributed by atoms with Gasteiger partial charge in [-0.1, -0.05) is 13.8 Å². The van der Waals surface area contributed by atoms with E-state index in [0.29, 0.717) is 30.9 Å². The fourth-order valence-electron chi connectivity index (χ4n) is 2.26. The molecule has 1 fully saturated rings. The van der Waals surface area contributed by atoms with Crippen LogP contribution in [0.25, 0.3) is 0 Å². The van der Waals surface area contributed by atoms with Gasteiger partial charge in [0, 0.05) is 29.8 Å². The number of amides is 1. The smallest absolute Gasteiger partial charge is 0.409 e. The molecule has 22 heavy (non-hydrogen) atoms. The van der Waals surface area contributed by atoms with E-state index in [4.69, 9.17) is 9.47 Å². The van der Waals surface area contributed by atoms with Crippen LogP contribution in [0.2, 0.25) is 0 Å². The van der Waals surface area contributed by atoms with E-state index >= 15 is 0 Å². The minimum absolute atomic E-state index is 0.192. The van der Waals surface area contributed by atoms with Crippen molar-refractivity contribution in [1.82, 2.24) is 9.88 Å². The minimum atomic E-state index is -0.192. The predicted octanol–water partition coefficient (Wildman–Crippen LogP) is 3.73. The van der Waals surface area contributed by atoms with Gasteiger partial charge in [0.15, 0.2) is 0 Å². The van der Waals surface area contributed by atoms with E-state index in [1.807, 2.05) is 26.0 Å². The zero-order chi connectivity index (χ0) is 15.9. The summed E-state index contributed by atoms with van der Waals surface area (Å²) in [6.07, 6.45) is 3.41. The Kier molecular flexibility index (Phi) is 6.49. The van der Waals surface area contributed by atoms with Crippen LogP contribution in [0.5, 0.6) is 5.88 Å². The average Bonchev–Trinajstić information content (AvgIpc) is 2.52. The van der Waals surface area contributed by atoms with Crippen LogP contribution in [-0.2, 0) is 4.74 Å². The summed E-state index contributed by atoms with van der Waals surface area (Å²) >= 11 is 3.35. The first-order valence-electron chi connectivity index (χ1n) is 7.70. The molecule has 0 radical (unpaired) electrons. The monoisotopic (exact) mass is 370 g/mol. The van der Waals surface area contributed by atoms with Gasteiger partial charge in [0.1, 0.15) is 0 Å². The van der Waals surface area contributed by atoms with Gasteiger partial charge in [0.05, 0.1) is 13.2 Å². The SMILES string of the molecule is CC(C)COC(=O)N1CCC(COc2ccc(Br)cn2)CC1. The van der Waals surface area contributed by atoms with Crippen molar-refractivity contribution in [3.8, 4) is 5.88 Å². The number of hydrogen-bond donors (Lipinski definition) is 0. The van der Waals surface area contributed by atoms with E-state index in [9.17, 15) is 4.79 Å². The molecule has 0 spiro atoms. The van der Waals surface area contributed by atoms with Gasteiger partial charge in [-0.2, -0.15) is 0 Å². The Labute approximate surface area is 140 Å². The first-order valence-corrected chi connectivity index (χ1v) is 8.50. The molecule has 0 atom stereocenters. The Morgan fingerprint density at radius 3 is 2.73 bits per heavy atom. The Balaban J connectivity index is 1.68. The molecule has 2 heterocycles. The number of hydrogen-bond acceptors (Lipinski definition) is 4. The summed E-state index contributed by atoms with van der Waals surface area (Å²) in [6.45, 7) is 6.66. The summed E-state index contributed by atoms with van der Waals surface area (Å²) < 4.78 is 11.9. The summed E-state index contributed by atoms with van der Waals surface area (Å²) in [4.78, 5) is 17.9. The van der Waals surface area contributed by atoms with Crippen LogP contribution in [0.4, 0.5) is 4.79 Å². The second kappa shape index (κ2) is 8.36. The highest BCUT2D eigenvalue weighted by molar-refractivity contribution is 9.10. The molecule has 1 aliphatic rings. The maximum atomic E-state index is 11.9. The molecule has 0 saturated carbocycles. The fraction of sp³-hybridized carbons (Fsp3) is 0.625. The van der Waals surface area contributed by atoms with Crippen LogP contribution in [0, 0.1) is 11.8 Å². The van der Waals surface area contributed by atoms with Crippen LogP contribution < -0.4 is 4.74 Å². The van der Waals surface area contributed by atoms with Crippen LogP contribution in [0.15, 0.2) is 22.8 Å². The standard InChI is InChI=1S/C16H23BrN2O3/c1-12(2)10-22-16(20)19-7-5-13(6-8-19)11-21-15-4-3-14(17)9-18-15/h3-4,9,12-13H,5-8,10-11H2,1-2H3. The number of carbonyl (C=O) groups excluding carboxylic acids is 1. The van der Waals surface area contributed by atoms with Crippen molar-refractivity contribution in [2.45, 2.75) is 26.7 Å². The van der Waals surface area contributed by atoms with Gasteiger partial charge < -0.3 is 14.4 Å². The van der Waals surface area contributed by atoms with Crippen LogP contribution in [-0.4, -0.2) is 42.3 Å². The number of rotatable bonds is 5. The lowest BCUT2D eigenvalue weighted by molar-refractivity contribution is 0.0730. The van der Waals surface area contributed by atoms with Gasteiger partial charge in [0.2, 0.25) is 5.88 Å². The third kappa shape index (κ3) is 5.48. The third-order valence-corrected chi connectivity index (χ3v) is 4.05. The largest absolute Gasteiger partial charge is 0.477 e. The number of aromatic nitrogens is 1. The second-order valence-electron chi connectivity index (χ2n) is 6.03. The van der Waals surface area contributed by atoms with Crippen molar-refractivity contribution >= 4 is 22.0 Å². The van der Waals surface area contributed by atoms with Crippen molar-refractivity contribution in [2.75, 3.05) is 26.3 Å². The molecule has 0 aromatic carbocycles. The normalized spacial score (nSPS) is 15.9. The van der Waals surface area contributed by atoms with Crippen molar-refractivity contribution in [2.24, 2.45) is 11.8 Å². The van der Waals surface area contributed by atoms with Gasteiger partial charge in [-0.3, -0.25) is 0 Å². The highest BCUT2D eigenvalue weighted by Gasteiger charge is 2.24. The highest BCUT2D eigenvalue weighted by Crippen LogP contribution is 2.20. The summed E-state index contributed by atoms with van der Waals surface area (Å²) in [5.41, 5.74) is 0. The van der Waals surface area contributed by atoms with E-state index in [-0.39, 0.29) is 6.09 Å². The molecule has 2 rings (SSSR count). The summed E-state index contributed by atoms with van der Waals surface area (Å²) in [5.74, 6) is 1.47. The molecule has 1 aliphatic heterocycles. The van der Waals surface area contributed by atoms with Gasteiger partial charge in [-0.15, -0.1) is 0 Å². The highest BCUT2D eigenvalue weighted by atomic mass is 79.9. The molecular weight excluding hydrogens is 348 g/mol. The topological polar surface area (TPSA) is 51.7 Å². The lowest BCUT2D eigenvalue weighted by Gasteiger charge is -2.31. The lowest BCUT2D eigenvalue weighted by atomic mass is 9.98. The number of carbonyl (C=O) groups is 1. The molecule has 1 aromatic rings. The average molecular weight is 371 g/mol. The number of ether oxygens (including phenoxy) is 2. The zero-order valence-electron chi connectivity index (χ0n) is 13.1. The van der Waals surface area contributed by atoms with E-state index in [1.54, 1.807) is 11.1 Å². The number of piperidine rings is 1. The van der Waals surface area contributed by atoms with Crippen molar-refractivity contribution < 1.29 is 14.3 Å². The number of likely N-dealkylation sites (tertiary alicyclic amines) is 1. The molecule has 0 bridgehead atoms. The molecule has 1 amide bonds. The van der Waals surface area contributed by atoms with E-state index in [1.165, 1.54) is 0 Å². The van der Waals surface area contributed by atoms with E-state index in [2.05, 4.69) is 20.9 Å². The zero-order valence-corrected chi connectivity index (χ0v) is 14.7. The van der Waals surface area contributed by atoms with Crippen LogP contribution in [0.1, 0.15) is 26.7 Å². The fourth-order valence-corrected chi connectivity index (χ4v) is 2.50. The van der Waals surface area contributed by atoms with Gasteiger partial charge in [0.25, 0.3) is 0 Å². The number of nitrogens with zero attached hydrogens (tertiary/aromatic N) is 2. The molecular formula is C16H23BrN2O3. The summed E-state index contributed by atoms with van der Waals surface area (Å²) in [6, 6.07) is 3.76. The third-order valence-electron chi connectivity index (χ3n) is 3.58. The molecule has 122 valence electrons.